The van der Waals surface area contributed by atoms with Gasteiger partial charge in [0.25, 0.3) is 5.82 Å². The van der Waals surface area contributed by atoms with Gasteiger partial charge in [0.1, 0.15) is 13.1 Å². The molecule has 2 rings (SSSR count). The summed E-state index contributed by atoms with van der Waals surface area (Å²) in [7, 11) is -4.16. The molecule has 0 saturated carbocycles. The van der Waals surface area contributed by atoms with E-state index in [-0.39, 0.29) is 12.2 Å². The molecule has 0 spiro atoms. The predicted molar refractivity (Wildman–Crippen MR) is 72.6 cm³/mol. The first kappa shape index (κ1) is 15.0. The van der Waals surface area contributed by atoms with E-state index in [9.17, 15) is 13.0 Å². The monoisotopic (exact) mass is 298 g/mol. The smallest absolute Gasteiger partial charge is 0.273 e. The van der Waals surface area contributed by atoms with Crippen LogP contribution in [0.5, 0.6) is 0 Å². The van der Waals surface area contributed by atoms with Crippen LogP contribution in [0.1, 0.15) is 5.56 Å². The molecule has 0 N–H and O–H groups in total. The van der Waals surface area contributed by atoms with Crippen LogP contribution in [-0.4, -0.2) is 49.9 Å². The SMILES string of the molecule is C=C(N1CCOCC1)[n+]1ccc(CCS(=O)(=O)[O-])cc1. The lowest BCUT2D eigenvalue weighted by molar-refractivity contribution is -0.592. The van der Waals surface area contributed by atoms with Crippen LogP contribution in [-0.2, 0) is 21.3 Å². The van der Waals surface area contributed by atoms with E-state index in [1.54, 1.807) is 12.1 Å². The summed E-state index contributed by atoms with van der Waals surface area (Å²) in [6, 6.07) is 3.60. The van der Waals surface area contributed by atoms with Crippen molar-refractivity contribution in [2.24, 2.45) is 0 Å². The maximum Gasteiger partial charge on any atom is 0.273 e. The Hall–Kier alpha value is -1.44. The van der Waals surface area contributed by atoms with Gasteiger partial charge in [-0.05, 0) is 30.7 Å². The molecule has 0 bridgehead atoms. The first-order chi connectivity index (χ1) is 9.46. The molecule has 0 atom stereocenters. The second kappa shape index (κ2) is 6.34. The van der Waals surface area contributed by atoms with E-state index in [1.807, 2.05) is 17.0 Å². The molecular formula is C13H18N2O4S. The summed E-state index contributed by atoms with van der Waals surface area (Å²) in [6.45, 7) is 7.05. The number of rotatable bonds is 5. The minimum absolute atomic E-state index is 0.233. The largest absolute Gasteiger partial charge is 0.748 e. The van der Waals surface area contributed by atoms with Gasteiger partial charge in [0.05, 0.1) is 35.7 Å². The van der Waals surface area contributed by atoms with Crippen molar-refractivity contribution in [1.82, 2.24) is 4.90 Å². The highest BCUT2D eigenvalue weighted by Crippen LogP contribution is 2.06. The Balaban J connectivity index is 1.98. The number of morpholine rings is 1. The van der Waals surface area contributed by atoms with E-state index < -0.39 is 10.1 Å². The number of pyridine rings is 1. The third kappa shape index (κ3) is 4.29. The Morgan fingerprint density at radius 2 is 1.95 bits per heavy atom. The van der Waals surface area contributed by atoms with Gasteiger partial charge in [-0.25, -0.2) is 13.0 Å². The zero-order valence-corrected chi connectivity index (χ0v) is 12.0. The lowest BCUT2D eigenvalue weighted by Gasteiger charge is -2.23. The highest BCUT2D eigenvalue weighted by molar-refractivity contribution is 7.85. The van der Waals surface area contributed by atoms with Crippen LogP contribution < -0.4 is 4.57 Å². The van der Waals surface area contributed by atoms with Crippen LogP contribution in [0.4, 0.5) is 0 Å². The fourth-order valence-corrected chi connectivity index (χ4v) is 2.51. The number of aromatic nitrogens is 1. The van der Waals surface area contributed by atoms with Crippen LogP contribution in [0.15, 0.2) is 31.1 Å². The van der Waals surface area contributed by atoms with Crippen molar-refractivity contribution >= 4 is 15.9 Å². The molecule has 6 nitrogen and oxygen atoms in total. The number of hydrogen-bond acceptors (Lipinski definition) is 5. The summed E-state index contributed by atoms with van der Waals surface area (Å²) in [5, 5.41) is 0. The lowest BCUT2D eigenvalue weighted by Crippen LogP contribution is -2.45. The Morgan fingerprint density at radius 1 is 1.35 bits per heavy atom. The van der Waals surface area contributed by atoms with Crippen LogP contribution in [0, 0.1) is 0 Å². The fraction of sp³-hybridized carbons (Fsp3) is 0.462. The minimum atomic E-state index is -4.16. The Kier molecular flexibility index (Phi) is 4.74. The van der Waals surface area contributed by atoms with Crippen molar-refractivity contribution in [3.63, 3.8) is 0 Å². The van der Waals surface area contributed by atoms with Gasteiger partial charge in [0.15, 0.2) is 0 Å². The van der Waals surface area contributed by atoms with Gasteiger partial charge < -0.3 is 9.29 Å². The van der Waals surface area contributed by atoms with Crippen LogP contribution in [0.2, 0.25) is 0 Å². The standard InChI is InChI=1S/C13H18N2O4S/c1-12(15-7-9-19-10-8-15)14-5-2-13(3-6-14)4-11-20(16,17)18/h2-3,5-6H,1,4,7-11H2. The first-order valence-corrected chi connectivity index (χ1v) is 7.99. The average Bonchev–Trinajstić information content (AvgIpc) is 2.45. The van der Waals surface area contributed by atoms with Crippen molar-refractivity contribution in [1.29, 1.82) is 0 Å². The third-order valence-corrected chi connectivity index (χ3v) is 3.92. The summed E-state index contributed by atoms with van der Waals surface area (Å²) in [5.74, 6) is 0.484. The molecule has 1 saturated heterocycles. The lowest BCUT2D eigenvalue weighted by atomic mass is 10.2. The quantitative estimate of drug-likeness (QED) is 0.557. The van der Waals surface area contributed by atoms with E-state index in [4.69, 9.17) is 4.74 Å². The number of aryl methyl sites for hydroxylation is 1. The van der Waals surface area contributed by atoms with Gasteiger partial charge in [-0.15, -0.1) is 0 Å². The Labute approximate surface area is 119 Å². The average molecular weight is 298 g/mol. The molecule has 1 fully saturated rings. The van der Waals surface area contributed by atoms with Crippen molar-refractivity contribution in [3.05, 3.63) is 36.7 Å². The molecule has 1 aromatic heterocycles. The molecule has 1 aromatic rings. The van der Waals surface area contributed by atoms with E-state index in [0.717, 1.165) is 24.5 Å². The normalized spacial score (nSPS) is 16.1. The van der Waals surface area contributed by atoms with Gasteiger partial charge in [-0.3, -0.25) is 4.90 Å². The highest BCUT2D eigenvalue weighted by Gasteiger charge is 2.20. The molecule has 0 unspecified atom stereocenters. The molecule has 0 radical (unpaired) electrons. The predicted octanol–water partition coefficient (Wildman–Crippen LogP) is -0.178. The van der Waals surface area contributed by atoms with Crippen LogP contribution in [0.25, 0.3) is 5.82 Å². The zero-order valence-electron chi connectivity index (χ0n) is 11.2. The van der Waals surface area contributed by atoms with Crippen LogP contribution >= 0.6 is 0 Å². The van der Waals surface area contributed by atoms with Gasteiger partial charge in [0.2, 0.25) is 0 Å². The highest BCUT2D eigenvalue weighted by atomic mass is 32.2. The number of ether oxygens (including phenoxy) is 1. The molecule has 7 heteroatoms. The van der Waals surface area contributed by atoms with Crippen LogP contribution in [0.3, 0.4) is 0 Å². The van der Waals surface area contributed by atoms with Crippen molar-refractivity contribution in [2.45, 2.75) is 6.42 Å². The van der Waals surface area contributed by atoms with E-state index >= 15 is 0 Å². The molecule has 1 aliphatic heterocycles. The van der Waals surface area contributed by atoms with Gasteiger partial charge in [-0.1, -0.05) is 0 Å². The zero-order chi connectivity index (χ0) is 14.6. The van der Waals surface area contributed by atoms with Crippen molar-refractivity contribution in [2.75, 3.05) is 32.1 Å². The molecular weight excluding hydrogens is 280 g/mol. The fourth-order valence-electron chi connectivity index (χ4n) is 2.02. The maximum atomic E-state index is 10.6. The molecule has 20 heavy (non-hydrogen) atoms. The topological polar surface area (TPSA) is 73.5 Å². The van der Waals surface area contributed by atoms with Gasteiger partial charge in [-0.2, -0.15) is 0 Å². The molecule has 1 aliphatic rings. The summed E-state index contributed by atoms with van der Waals surface area (Å²) in [5.41, 5.74) is 0.815. The van der Waals surface area contributed by atoms with E-state index in [2.05, 4.69) is 11.5 Å². The molecule has 110 valence electrons. The van der Waals surface area contributed by atoms with Gasteiger partial charge >= 0.3 is 0 Å². The summed E-state index contributed by atoms with van der Waals surface area (Å²) in [6.07, 6.45) is 3.88. The summed E-state index contributed by atoms with van der Waals surface area (Å²) in [4.78, 5) is 2.13. The molecule has 0 amide bonds. The summed E-state index contributed by atoms with van der Waals surface area (Å²) >= 11 is 0. The maximum absolute atomic E-state index is 10.6. The molecule has 0 aliphatic carbocycles. The van der Waals surface area contributed by atoms with Gasteiger partial charge in [0, 0.05) is 5.75 Å². The second-order valence-corrected chi connectivity index (χ2v) is 6.16. The number of nitrogens with zero attached hydrogens (tertiary/aromatic N) is 2. The number of hydrogen-bond donors (Lipinski definition) is 0. The first-order valence-electron chi connectivity index (χ1n) is 6.41. The van der Waals surface area contributed by atoms with Crippen molar-refractivity contribution < 1.29 is 22.3 Å². The van der Waals surface area contributed by atoms with Crippen molar-refractivity contribution in [3.8, 4) is 0 Å². The van der Waals surface area contributed by atoms with E-state index in [1.165, 1.54) is 0 Å². The van der Waals surface area contributed by atoms with E-state index in [0.29, 0.717) is 13.2 Å². The third-order valence-electron chi connectivity index (χ3n) is 3.21. The Morgan fingerprint density at radius 3 is 2.50 bits per heavy atom. The molecule has 0 aromatic carbocycles. The second-order valence-electron chi connectivity index (χ2n) is 4.64. The Bertz CT molecular complexity index is 563. The molecule has 2 heterocycles. The summed E-state index contributed by atoms with van der Waals surface area (Å²) < 4.78 is 38.9. The minimum Gasteiger partial charge on any atom is -0.748 e.